The number of thiophene rings is 2. The van der Waals surface area contributed by atoms with Crippen LogP contribution in [0.3, 0.4) is 0 Å². The van der Waals surface area contributed by atoms with E-state index < -0.39 is 0 Å². The number of anilines is 1. The van der Waals surface area contributed by atoms with E-state index in [0.29, 0.717) is 0 Å². The van der Waals surface area contributed by atoms with Crippen molar-refractivity contribution in [1.82, 2.24) is 9.97 Å². The number of nitrogens with zero attached hydrogens (tertiary/aromatic N) is 2. The Balaban J connectivity index is 1.41. The monoisotopic (exact) mass is 497 g/mol. The van der Waals surface area contributed by atoms with E-state index in [9.17, 15) is 0 Å². The van der Waals surface area contributed by atoms with E-state index in [0.717, 1.165) is 79.2 Å². The van der Waals surface area contributed by atoms with Gasteiger partial charge >= 0.3 is 0 Å². The molecule has 0 radical (unpaired) electrons. The van der Waals surface area contributed by atoms with Crippen molar-refractivity contribution in [3.63, 3.8) is 0 Å². The minimum Gasteiger partial charge on any atom is -0.493 e. The van der Waals surface area contributed by atoms with Crippen LogP contribution in [0.2, 0.25) is 0 Å². The number of benzene rings is 1. The average Bonchev–Trinajstić information content (AvgIpc) is 3.54. The molecule has 2 N–H and O–H groups in total. The van der Waals surface area contributed by atoms with Crippen LogP contribution in [0.15, 0.2) is 41.1 Å². The first-order valence-corrected chi connectivity index (χ1v) is 13.2. The smallest absolute Gasteiger partial charge is 0.187 e. The molecule has 7 nitrogen and oxygen atoms in total. The van der Waals surface area contributed by atoms with Gasteiger partial charge in [0.25, 0.3) is 0 Å². The molecule has 0 amide bonds. The highest BCUT2D eigenvalue weighted by atomic mass is 32.1. The van der Waals surface area contributed by atoms with Gasteiger partial charge in [-0.1, -0.05) is 12.1 Å². The summed E-state index contributed by atoms with van der Waals surface area (Å²) in [5, 5.41) is 9.05. The van der Waals surface area contributed by atoms with Crippen LogP contribution >= 0.6 is 22.7 Å². The van der Waals surface area contributed by atoms with E-state index >= 15 is 0 Å². The Morgan fingerprint density at radius 3 is 2.68 bits per heavy atom. The summed E-state index contributed by atoms with van der Waals surface area (Å²) in [6, 6.07) is 10.3. The lowest BCUT2D eigenvalue weighted by Gasteiger charge is -2.23. The fourth-order valence-electron chi connectivity index (χ4n) is 4.23. The van der Waals surface area contributed by atoms with Crippen LogP contribution in [-0.4, -0.2) is 57.0 Å². The highest BCUT2D eigenvalue weighted by Gasteiger charge is 2.20. The summed E-state index contributed by atoms with van der Waals surface area (Å²) in [5.74, 6) is 3.29. The van der Waals surface area contributed by atoms with Gasteiger partial charge in [-0.2, -0.15) is 0 Å². The summed E-state index contributed by atoms with van der Waals surface area (Å²) in [7, 11) is 3.32. The minimum absolute atomic E-state index is 0.742. The summed E-state index contributed by atoms with van der Waals surface area (Å²) in [4.78, 5) is 13.7. The van der Waals surface area contributed by atoms with Gasteiger partial charge < -0.3 is 24.4 Å². The predicted molar refractivity (Wildman–Crippen MR) is 138 cm³/mol. The van der Waals surface area contributed by atoms with E-state index in [-0.39, 0.29) is 0 Å². The first kappa shape index (κ1) is 23.0. The van der Waals surface area contributed by atoms with Crippen molar-refractivity contribution in [2.24, 2.45) is 0 Å². The quantitative estimate of drug-likeness (QED) is 0.369. The number of morpholine rings is 1. The molecule has 4 aromatic rings. The Morgan fingerprint density at radius 2 is 1.91 bits per heavy atom. The molecule has 1 aromatic carbocycles. The number of ether oxygens (including phenoxy) is 3. The molecule has 9 heteroatoms. The molecular formula is C25H29N4O3S2+. The second-order valence-electron chi connectivity index (χ2n) is 8.20. The Kier molecular flexibility index (Phi) is 7.24. The zero-order valence-electron chi connectivity index (χ0n) is 19.4. The van der Waals surface area contributed by atoms with Gasteiger partial charge in [0.2, 0.25) is 0 Å². The highest BCUT2D eigenvalue weighted by molar-refractivity contribution is 7.18. The maximum absolute atomic E-state index is 5.51. The number of hydrogen-bond donors (Lipinski definition) is 2. The number of nitrogens with one attached hydrogen (secondary N) is 2. The Morgan fingerprint density at radius 1 is 1.06 bits per heavy atom. The van der Waals surface area contributed by atoms with Gasteiger partial charge in [0.15, 0.2) is 17.3 Å². The van der Waals surface area contributed by atoms with Gasteiger partial charge in [0.05, 0.1) is 32.8 Å². The molecule has 1 aliphatic rings. The zero-order chi connectivity index (χ0) is 23.3. The second-order valence-corrected chi connectivity index (χ2v) is 10.0. The van der Waals surface area contributed by atoms with Gasteiger partial charge in [-0.25, -0.2) is 9.97 Å². The molecule has 1 fully saturated rings. The van der Waals surface area contributed by atoms with E-state index in [4.69, 9.17) is 24.2 Å². The molecule has 0 atom stereocenters. The van der Waals surface area contributed by atoms with Gasteiger partial charge in [0.1, 0.15) is 30.3 Å². The van der Waals surface area contributed by atoms with Gasteiger partial charge in [-0.15, -0.1) is 22.7 Å². The zero-order valence-corrected chi connectivity index (χ0v) is 21.1. The predicted octanol–water partition coefficient (Wildman–Crippen LogP) is 3.51. The standard InChI is InChI=1S/C25H28N4O3S2/c1-30-19-6-5-17(14-20(19)31-2)7-8-26-24-23-18(21-4-3-13-33-21)16-34-25(23)28-22(27-24)15-29-9-11-32-12-10-29/h3-6,13-14,16H,7-12,15H2,1-2H3,(H,26,27,28)/p+1. The lowest BCUT2D eigenvalue weighted by Crippen LogP contribution is -3.12. The molecule has 4 heterocycles. The maximum atomic E-state index is 5.51. The third-order valence-corrected chi connectivity index (χ3v) is 7.80. The lowest BCUT2D eigenvalue weighted by atomic mass is 10.1. The van der Waals surface area contributed by atoms with Crippen LogP contribution in [0.25, 0.3) is 20.7 Å². The molecule has 0 bridgehead atoms. The van der Waals surface area contributed by atoms with Gasteiger partial charge in [-0.05, 0) is 35.6 Å². The van der Waals surface area contributed by atoms with Crippen molar-refractivity contribution < 1.29 is 19.1 Å². The van der Waals surface area contributed by atoms with Crippen LogP contribution in [0.4, 0.5) is 5.82 Å². The van der Waals surface area contributed by atoms with E-state index in [1.54, 1.807) is 36.9 Å². The average molecular weight is 498 g/mol. The largest absolute Gasteiger partial charge is 0.493 e. The Bertz CT molecular complexity index is 1240. The van der Waals surface area contributed by atoms with Gasteiger partial charge in [0, 0.05) is 22.4 Å². The number of quaternary nitrogens is 1. The summed E-state index contributed by atoms with van der Waals surface area (Å²) < 4.78 is 16.3. The molecule has 0 spiro atoms. The molecule has 0 aliphatic carbocycles. The molecule has 0 unspecified atom stereocenters. The third-order valence-electron chi connectivity index (χ3n) is 6.03. The van der Waals surface area contributed by atoms with Crippen molar-refractivity contribution in [2.45, 2.75) is 13.0 Å². The maximum Gasteiger partial charge on any atom is 0.187 e. The van der Waals surface area contributed by atoms with E-state index in [1.807, 2.05) is 12.1 Å². The van der Waals surface area contributed by atoms with E-state index in [2.05, 4.69) is 34.3 Å². The second kappa shape index (κ2) is 10.7. The first-order valence-electron chi connectivity index (χ1n) is 11.4. The van der Waals surface area contributed by atoms with Crippen molar-refractivity contribution in [3.05, 3.63) is 52.5 Å². The van der Waals surface area contributed by atoms with Crippen molar-refractivity contribution in [3.8, 4) is 21.9 Å². The first-order chi connectivity index (χ1) is 16.7. The summed E-state index contributed by atoms with van der Waals surface area (Å²) in [6.45, 7) is 5.16. The van der Waals surface area contributed by atoms with E-state index in [1.165, 1.54) is 20.9 Å². The molecule has 178 valence electrons. The summed E-state index contributed by atoms with van der Waals surface area (Å²) in [6.07, 6.45) is 0.842. The minimum atomic E-state index is 0.742. The fraction of sp³-hybridized carbons (Fsp3) is 0.360. The summed E-state index contributed by atoms with van der Waals surface area (Å²) >= 11 is 3.44. The van der Waals surface area contributed by atoms with Crippen LogP contribution in [-0.2, 0) is 17.7 Å². The molecule has 3 aromatic heterocycles. The number of hydrogen-bond acceptors (Lipinski definition) is 8. The molecular weight excluding hydrogens is 468 g/mol. The van der Waals surface area contributed by atoms with Crippen molar-refractivity contribution >= 4 is 38.7 Å². The van der Waals surface area contributed by atoms with Crippen LogP contribution in [0.1, 0.15) is 11.4 Å². The normalized spacial score (nSPS) is 14.4. The molecule has 34 heavy (non-hydrogen) atoms. The Hall–Kier alpha value is -2.72. The molecule has 1 aliphatic heterocycles. The third kappa shape index (κ3) is 5.02. The number of fused-ring (bicyclic) bond motifs is 1. The highest BCUT2D eigenvalue weighted by Crippen LogP contribution is 2.39. The van der Waals surface area contributed by atoms with Crippen molar-refractivity contribution in [1.29, 1.82) is 0 Å². The lowest BCUT2D eigenvalue weighted by molar-refractivity contribution is -0.922. The van der Waals surface area contributed by atoms with Crippen molar-refractivity contribution in [2.75, 3.05) is 52.4 Å². The number of rotatable bonds is 9. The molecule has 0 saturated carbocycles. The molecule has 1 saturated heterocycles. The van der Waals surface area contributed by atoms with Crippen LogP contribution in [0, 0.1) is 0 Å². The topological polar surface area (TPSA) is 69.9 Å². The number of methoxy groups -OCH3 is 2. The van der Waals surface area contributed by atoms with Crippen LogP contribution < -0.4 is 19.7 Å². The van der Waals surface area contributed by atoms with Gasteiger partial charge in [-0.3, -0.25) is 0 Å². The fourth-order valence-corrected chi connectivity index (χ4v) is 6.01. The SMILES string of the molecule is COc1ccc(CCNc2nc(C[NH+]3CCOCC3)nc3scc(-c4cccs4)c23)cc1OC. The summed E-state index contributed by atoms with van der Waals surface area (Å²) in [5.41, 5.74) is 2.38. The Labute approximate surface area is 207 Å². The molecule has 5 rings (SSSR count). The number of aromatic nitrogens is 2. The van der Waals surface area contributed by atoms with Crippen LogP contribution in [0.5, 0.6) is 11.5 Å².